The average molecular weight is 273 g/mol. The number of ether oxygens (including phenoxy) is 1. The van der Waals surface area contributed by atoms with Gasteiger partial charge in [0.2, 0.25) is 0 Å². The summed E-state index contributed by atoms with van der Waals surface area (Å²) >= 11 is 0. The van der Waals surface area contributed by atoms with E-state index < -0.39 is 17.3 Å². The molecule has 1 aliphatic heterocycles. The lowest BCUT2D eigenvalue weighted by Gasteiger charge is -2.23. The topological polar surface area (TPSA) is 58.6 Å². The third kappa shape index (κ3) is 1.60. The third-order valence-electron chi connectivity index (χ3n) is 3.44. The Morgan fingerprint density at radius 3 is 2.70 bits per heavy atom. The molecule has 20 heavy (non-hydrogen) atoms. The fourth-order valence-electron chi connectivity index (χ4n) is 2.47. The van der Waals surface area contributed by atoms with Crippen molar-refractivity contribution in [3.05, 3.63) is 59.4 Å². The molecule has 0 saturated heterocycles. The first kappa shape index (κ1) is 12.6. The Balaban J connectivity index is 2.27. The molecule has 4 nitrogen and oxygen atoms in total. The van der Waals surface area contributed by atoms with Crippen molar-refractivity contribution < 1.29 is 19.0 Å². The van der Waals surface area contributed by atoms with Crippen LogP contribution in [0.15, 0.2) is 42.5 Å². The molecule has 1 heterocycles. The van der Waals surface area contributed by atoms with Gasteiger partial charge in [0.05, 0.1) is 7.11 Å². The predicted molar refractivity (Wildman–Crippen MR) is 71.0 cm³/mol. The fourth-order valence-corrected chi connectivity index (χ4v) is 2.47. The summed E-state index contributed by atoms with van der Waals surface area (Å²) in [5.74, 6) is -0.779. The van der Waals surface area contributed by atoms with Gasteiger partial charge in [0, 0.05) is 16.8 Å². The molecule has 0 bridgehead atoms. The average Bonchev–Trinajstić information content (AvgIpc) is 2.72. The molecule has 0 saturated carbocycles. The molecule has 0 aliphatic carbocycles. The van der Waals surface area contributed by atoms with Gasteiger partial charge in [-0.1, -0.05) is 18.2 Å². The lowest BCUT2D eigenvalue weighted by molar-refractivity contribution is -0.129. The zero-order valence-electron chi connectivity index (χ0n) is 10.7. The largest absolute Gasteiger partial charge is 0.496 e. The predicted octanol–water partition coefficient (Wildman–Crippen LogP) is 2.02. The van der Waals surface area contributed by atoms with Crippen LogP contribution in [0.4, 0.5) is 10.1 Å². The van der Waals surface area contributed by atoms with Crippen molar-refractivity contribution in [1.82, 2.24) is 0 Å². The third-order valence-corrected chi connectivity index (χ3v) is 3.44. The number of methoxy groups -OCH3 is 1. The Kier molecular flexibility index (Phi) is 2.72. The number of halogens is 1. The number of hydrogen-bond donors (Lipinski definition) is 2. The molecule has 3 rings (SSSR count). The smallest absolute Gasteiger partial charge is 0.266 e. The standard InChI is InChI=1S/C15H12FNO3/c1-20-13-5-3-2-4-10(13)15(19)11-8-9(16)6-7-12(11)17-14(15)18/h2-8,19H,1H3,(H,17,18). The van der Waals surface area contributed by atoms with E-state index in [4.69, 9.17) is 4.74 Å². The number of rotatable bonds is 2. The molecule has 102 valence electrons. The number of fused-ring (bicyclic) bond motifs is 1. The minimum atomic E-state index is -1.95. The van der Waals surface area contributed by atoms with Gasteiger partial charge in [-0.25, -0.2) is 4.39 Å². The van der Waals surface area contributed by atoms with Crippen molar-refractivity contribution in [2.75, 3.05) is 12.4 Å². The van der Waals surface area contributed by atoms with Gasteiger partial charge in [0.1, 0.15) is 11.6 Å². The van der Waals surface area contributed by atoms with Gasteiger partial charge in [0.15, 0.2) is 5.60 Å². The highest BCUT2D eigenvalue weighted by Crippen LogP contribution is 2.44. The van der Waals surface area contributed by atoms with E-state index in [1.165, 1.54) is 19.2 Å². The number of benzene rings is 2. The van der Waals surface area contributed by atoms with E-state index in [9.17, 15) is 14.3 Å². The summed E-state index contributed by atoms with van der Waals surface area (Å²) in [6.07, 6.45) is 0. The molecule has 2 aromatic carbocycles. The Morgan fingerprint density at radius 1 is 1.20 bits per heavy atom. The van der Waals surface area contributed by atoms with Crippen LogP contribution < -0.4 is 10.1 Å². The number of hydrogen-bond acceptors (Lipinski definition) is 3. The van der Waals surface area contributed by atoms with E-state index in [0.29, 0.717) is 11.4 Å². The minimum absolute atomic E-state index is 0.187. The second-order valence-corrected chi connectivity index (χ2v) is 4.55. The quantitative estimate of drug-likeness (QED) is 0.880. The van der Waals surface area contributed by atoms with Crippen LogP contribution in [0.25, 0.3) is 0 Å². The Morgan fingerprint density at radius 2 is 1.95 bits per heavy atom. The summed E-state index contributed by atoms with van der Waals surface area (Å²) in [5.41, 5.74) is -1.09. The monoisotopic (exact) mass is 273 g/mol. The molecule has 1 unspecified atom stereocenters. The number of nitrogens with one attached hydrogen (secondary N) is 1. The lowest BCUT2D eigenvalue weighted by Crippen LogP contribution is -2.35. The number of anilines is 1. The van der Waals surface area contributed by atoms with Gasteiger partial charge in [-0.3, -0.25) is 4.79 Å². The van der Waals surface area contributed by atoms with Crippen LogP contribution in [-0.2, 0) is 10.4 Å². The van der Waals surface area contributed by atoms with Crippen molar-refractivity contribution in [1.29, 1.82) is 0 Å². The first-order valence-electron chi connectivity index (χ1n) is 6.04. The van der Waals surface area contributed by atoms with Crippen LogP contribution in [0.5, 0.6) is 5.75 Å². The van der Waals surface area contributed by atoms with E-state index in [0.717, 1.165) is 6.07 Å². The number of carbonyl (C=O) groups is 1. The van der Waals surface area contributed by atoms with Crippen LogP contribution in [0, 0.1) is 5.82 Å². The van der Waals surface area contributed by atoms with E-state index in [-0.39, 0.29) is 11.1 Å². The van der Waals surface area contributed by atoms with Gasteiger partial charge in [0.25, 0.3) is 5.91 Å². The van der Waals surface area contributed by atoms with E-state index >= 15 is 0 Å². The molecular weight excluding hydrogens is 261 g/mol. The van der Waals surface area contributed by atoms with Crippen molar-refractivity contribution >= 4 is 11.6 Å². The summed E-state index contributed by atoms with van der Waals surface area (Å²) in [4.78, 5) is 12.2. The Hall–Kier alpha value is -2.40. The van der Waals surface area contributed by atoms with Crippen LogP contribution in [-0.4, -0.2) is 18.1 Å². The fraction of sp³-hybridized carbons (Fsp3) is 0.133. The molecule has 2 N–H and O–H groups in total. The molecule has 5 heteroatoms. The number of carbonyl (C=O) groups excluding carboxylic acids is 1. The second kappa shape index (κ2) is 4.31. The molecule has 0 radical (unpaired) electrons. The van der Waals surface area contributed by atoms with E-state index in [1.807, 2.05) is 0 Å². The summed E-state index contributed by atoms with van der Waals surface area (Å²) in [6, 6.07) is 10.4. The van der Waals surface area contributed by atoms with E-state index in [1.54, 1.807) is 24.3 Å². The maximum absolute atomic E-state index is 13.4. The molecule has 1 aliphatic rings. The summed E-state index contributed by atoms with van der Waals surface area (Å²) in [7, 11) is 1.45. The van der Waals surface area contributed by atoms with Gasteiger partial charge in [-0.05, 0) is 24.3 Å². The van der Waals surface area contributed by atoms with Gasteiger partial charge < -0.3 is 15.2 Å². The van der Waals surface area contributed by atoms with Crippen molar-refractivity contribution in [2.24, 2.45) is 0 Å². The maximum atomic E-state index is 13.4. The highest BCUT2D eigenvalue weighted by atomic mass is 19.1. The first-order valence-corrected chi connectivity index (χ1v) is 6.04. The van der Waals surface area contributed by atoms with Crippen LogP contribution in [0.2, 0.25) is 0 Å². The first-order chi connectivity index (χ1) is 9.57. The van der Waals surface area contributed by atoms with Crippen molar-refractivity contribution in [3.8, 4) is 5.75 Å². The molecule has 0 aromatic heterocycles. The molecule has 0 spiro atoms. The van der Waals surface area contributed by atoms with Crippen LogP contribution >= 0.6 is 0 Å². The molecule has 2 aromatic rings. The zero-order valence-corrected chi connectivity index (χ0v) is 10.7. The Labute approximate surface area is 114 Å². The highest BCUT2D eigenvalue weighted by molar-refractivity contribution is 6.07. The van der Waals surface area contributed by atoms with Crippen LogP contribution in [0.3, 0.4) is 0 Å². The number of para-hydroxylation sites is 1. The molecular formula is C15H12FNO3. The molecule has 1 atom stereocenters. The molecule has 0 fully saturated rings. The normalized spacial score (nSPS) is 20.4. The number of aliphatic hydroxyl groups is 1. The Bertz CT molecular complexity index is 701. The lowest BCUT2D eigenvalue weighted by atomic mass is 9.87. The van der Waals surface area contributed by atoms with E-state index in [2.05, 4.69) is 5.32 Å². The van der Waals surface area contributed by atoms with Gasteiger partial charge >= 0.3 is 0 Å². The summed E-state index contributed by atoms with van der Waals surface area (Å²) in [6.45, 7) is 0. The van der Waals surface area contributed by atoms with Gasteiger partial charge in [-0.15, -0.1) is 0 Å². The highest BCUT2D eigenvalue weighted by Gasteiger charge is 2.48. The SMILES string of the molecule is COc1ccccc1C1(O)C(=O)Nc2ccc(F)cc21. The summed E-state index contributed by atoms with van der Waals surface area (Å²) < 4.78 is 18.6. The summed E-state index contributed by atoms with van der Waals surface area (Å²) in [5, 5.41) is 13.4. The van der Waals surface area contributed by atoms with Gasteiger partial charge in [-0.2, -0.15) is 0 Å². The van der Waals surface area contributed by atoms with Crippen LogP contribution in [0.1, 0.15) is 11.1 Å². The van der Waals surface area contributed by atoms with Crippen molar-refractivity contribution in [3.63, 3.8) is 0 Å². The zero-order chi connectivity index (χ0) is 14.3. The second-order valence-electron chi connectivity index (χ2n) is 4.55. The van der Waals surface area contributed by atoms with Crippen molar-refractivity contribution in [2.45, 2.75) is 5.60 Å². The number of amides is 1. The maximum Gasteiger partial charge on any atom is 0.266 e. The minimum Gasteiger partial charge on any atom is -0.496 e. The molecule has 1 amide bonds.